The summed E-state index contributed by atoms with van der Waals surface area (Å²) >= 11 is 1.46. The van der Waals surface area contributed by atoms with E-state index in [-0.39, 0.29) is 16.9 Å². The highest BCUT2D eigenvalue weighted by Gasteiger charge is 2.27. The molecule has 1 saturated heterocycles. The Hall–Kier alpha value is -2.52. The monoisotopic (exact) mass is 414 g/mol. The summed E-state index contributed by atoms with van der Waals surface area (Å²) in [6.07, 6.45) is 1.74. The van der Waals surface area contributed by atoms with Gasteiger partial charge in [-0.1, -0.05) is 20.8 Å². The number of carbonyl (C=O) groups excluding carboxylic acids is 1. The molecule has 4 heterocycles. The van der Waals surface area contributed by atoms with Crippen molar-refractivity contribution in [3.05, 3.63) is 51.1 Å². The van der Waals surface area contributed by atoms with Crippen LogP contribution in [-0.4, -0.2) is 61.1 Å². The molecule has 8 nitrogen and oxygen atoms in total. The molecule has 0 bridgehead atoms. The van der Waals surface area contributed by atoms with Crippen molar-refractivity contribution in [2.75, 3.05) is 26.2 Å². The standard InChI is InChI=1S/C20H26N6O2S/c1-20(2,3)16-12-15(23(4)22-16)18(28)25-7-5-24(6-8-25)13-14-11-17(27)26-9-10-29-19(26)21-14/h9-12H,5-8,13H2,1-4H3. The second-order valence-electron chi connectivity index (χ2n) is 8.50. The number of aryl methyl sites for hydroxylation is 1. The Labute approximate surface area is 173 Å². The molecule has 0 N–H and O–H groups in total. The van der Waals surface area contributed by atoms with Crippen LogP contribution in [0.5, 0.6) is 0 Å². The summed E-state index contributed by atoms with van der Waals surface area (Å²) in [5.74, 6) is 0.0199. The highest BCUT2D eigenvalue weighted by molar-refractivity contribution is 7.15. The SMILES string of the molecule is Cn1nc(C(C)(C)C)cc1C(=O)N1CCN(Cc2cc(=O)n3ccsc3n2)CC1. The molecule has 0 unspecified atom stereocenters. The number of piperazine rings is 1. The van der Waals surface area contributed by atoms with Crippen molar-refractivity contribution in [1.29, 1.82) is 0 Å². The Bertz CT molecular complexity index is 1100. The third-order valence-corrected chi connectivity index (χ3v) is 6.03. The van der Waals surface area contributed by atoms with Crippen LogP contribution >= 0.6 is 11.3 Å². The van der Waals surface area contributed by atoms with Crippen LogP contribution in [0.3, 0.4) is 0 Å². The molecule has 0 saturated carbocycles. The summed E-state index contributed by atoms with van der Waals surface area (Å²) in [4.78, 5) is 34.5. The van der Waals surface area contributed by atoms with Gasteiger partial charge in [-0.05, 0) is 6.07 Å². The highest BCUT2D eigenvalue weighted by Crippen LogP contribution is 2.22. The minimum atomic E-state index is -0.0929. The number of thiazole rings is 1. The molecular weight excluding hydrogens is 388 g/mol. The summed E-state index contributed by atoms with van der Waals surface area (Å²) in [5, 5.41) is 6.38. The van der Waals surface area contributed by atoms with Gasteiger partial charge < -0.3 is 4.90 Å². The second kappa shape index (κ2) is 7.38. The molecular formula is C20H26N6O2S. The van der Waals surface area contributed by atoms with Crippen molar-refractivity contribution in [2.24, 2.45) is 7.05 Å². The van der Waals surface area contributed by atoms with E-state index in [0.717, 1.165) is 24.5 Å². The van der Waals surface area contributed by atoms with E-state index in [0.29, 0.717) is 30.3 Å². The molecule has 9 heteroatoms. The maximum atomic E-state index is 13.0. The average Bonchev–Trinajstić information content (AvgIpc) is 3.28. The van der Waals surface area contributed by atoms with Gasteiger partial charge in [0.1, 0.15) is 5.69 Å². The predicted molar refractivity (Wildman–Crippen MR) is 112 cm³/mol. The molecule has 0 radical (unpaired) electrons. The first-order valence-electron chi connectivity index (χ1n) is 9.74. The molecule has 0 aromatic carbocycles. The fourth-order valence-electron chi connectivity index (χ4n) is 3.50. The van der Waals surface area contributed by atoms with Gasteiger partial charge in [-0.15, -0.1) is 11.3 Å². The molecule has 3 aromatic rings. The Morgan fingerprint density at radius 2 is 1.90 bits per heavy atom. The second-order valence-corrected chi connectivity index (χ2v) is 9.37. The van der Waals surface area contributed by atoms with Crippen LogP contribution < -0.4 is 5.56 Å². The van der Waals surface area contributed by atoms with Gasteiger partial charge in [0.25, 0.3) is 11.5 Å². The first kappa shape index (κ1) is 19.8. The lowest BCUT2D eigenvalue weighted by Crippen LogP contribution is -2.48. The van der Waals surface area contributed by atoms with Crippen LogP contribution in [0.2, 0.25) is 0 Å². The van der Waals surface area contributed by atoms with Gasteiger partial charge in [-0.25, -0.2) is 4.98 Å². The molecule has 1 aliphatic heterocycles. The first-order valence-corrected chi connectivity index (χ1v) is 10.6. The van der Waals surface area contributed by atoms with Crippen LogP contribution in [0.15, 0.2) is 28.5 Å². The number of aromatic nitrogens is 4. The van der Waals surface area contributed by atoms with Crippen LogP contribution in [-0.2, 0) is 19.0 Å². The van der Waals surface area contributed by atoms with E-state index in [9.17, 15) is 9.59 Å². The number of hydrogen-bond acceptors (Lipinski definition) is 6. The van der Waals surface area contributed by atoms with Gasteiger partial charge in [-0.2, -0.15) is 5.10 Å². The summed E-state index contributed by atoms with van der Waals surface area (Å²) in [6.45, 7) is 9.69. The van der Waals surface area contributed by atoms with Crippen molar-refractivity contribution in [2.45, 2.75) is 32.7 Å². The van der Waals surface area contributed by atoms with Gasteiger partial charge in [0.15, 0.2) is 4.96 Å². The van der Waals surface area contributed by atoms with E-state index < -0.39 is 0 Å². The molecule has 1 aliphatic rings. The van der Waals surface area contributed by atoms with E-state index in [1.807, 2.05) is 23.4 Å². The zero-order valence-electron chi connectivity index (χ0n) is 17.3. The van der Waals surface area contributed by atoms with E-state index in [1.165, 1.54) is 11.3 Å². The zero-order valence-corrected chi connectivity index (χ0v) is 18.1. The molecule has 3 aromatic heterocycles. The van der Waals surface area contributed by atoms with Crippen LogP contribution in [0, 0.1) is 0 Å². The number of amides is 1. The molecule has 0 spiro atoms. The van der Waals surface area contributed by atoms with E-state index in [2.05, 4.69) is 35.8 Å². The van der Waals surface area contributed by atoms with Crippen LogP contribution in [0.25, 0.3) is 4.96 Å². The van der Waals surface area contributed by atoms with Gasteiger partial charge >= 0.3 is 0 Å². The van der Waals surface area contributed by atoms with Crippen LogP contribution in [0.4, 0.5) is 0 Å². The number of fused-ring (bicyclic) bond motifs is 1. The molecule has 0 atom stereocenters. The minimum Gasteiger partial charge on any atom is -0.335 e. The summed E-state index contributed by atoms with van der Waals surface area (Å²) in [6, 6.07) is 3.50. The van der Waals surface area contributed by atoms with Gasteiger partial charge in [-0.3, -0.25) is 23.6 Å². The summed E-state index contributed by atoms with van der Waals surface area (Å²) < 4.78 is 3.24. The molecule has 0 aliphatic carbocycles. The summed E-state index contributed by atoms with van der Waals surface area (Å²) in [7, 11) is 1.82. The van der Waals surface area contributed by atoms with Gasteiger partial charge in [0.05, 0.1) is 11.4 Å². The Morgan fingerprint density at radius 1 is 1.17 bits per heavy atom. The average molecular weight is 415 g/mol. The third kappa shape index (κ3) is 3.97. The topological polar surface area (TPSA) is 75.7 Å². The summed E-state index contributed by atoms with van der Waals surface area (Å²) in [5.41, 5.74) is 2.18. The van der Waals surface area contributed by atoms with Crippen molar-refractivity contribution >= 4 is 22.2 Å². The molecule has 29 heavy (non-hydrogen) atoms. The number of carbonyl (C=O) groups is 1. The fourth-order valence-corrected chi connectivity index (χ4v) is 4.24. The van der Waals surface area contributed by atoms with Crippen LogP contribution in [0.1, 0.15) is 42.6 Å². The smallest absolute Gasteiger partial charge is 0.272 e. The third-order valence-electron chi connectivity index (χ3n) is 5.27. The fraction of sp³-hybridized carbons (Fsp3) is 0.500. The van der Waals surface area contributed by atoms with Crippen molar-refractivity contribution in [3.8, 4) is 0 Å². The van der Waals surface area contributed by atoms with E-state index in [4.69, 9.17) is 0 Å². The molecule has 154 valence electrons. The minimum absolute atomic E-state index is 0.0199. The lowest BCUT2D eigenvalue weighted by molar-refractivity contribution is 0.0616. The molecule has 1 fully saturated rings. The normalized spacial score (nSPS) is 15.9. The van der Waals surface area contributed by atoms with Gasteiger partial charge in [0.2, 0.25) is 0 Å². The number of rotatable bonds is 3. The Balaban J connectivity index is 1.40. The quantitative estimate of drug-likeness (QED) is 0.653. The maximum absolute atomic E-state index is 13.0. The predicted octanol–water partition coefficient (Wildman–Crippen LogP) is 1.75. The lowest BCUT2D eigenvalue weighted by atomic mass is 9.92. The number of hydrogen-bond donors (Lipinski definition) is 0. The van der Waals surface area contributed by atoms with Gasteiger partial charge in [0, 0.05) is 62.8 Å². The Morgan fingerprint density at radius 3 is 2.55 bits per heavy atom. The van der Waals surface area contributed by atoms with E-state index >= 15 is 0 Å². The molecule has 1 amide bonds. The lowest BCUT2D eigenvalue weighted by Gasteiger charge is -2.34. The maximum Gasteiger partial charge on any atom is 0.272 e. The largest absolute Gasteiger partial charge is 0.335 e. The zero-order chi connectivity index (χ0) is 20.8. The van der Waals surface area contributed by atoms with Crippen molar-refractivity contribution in [3.63, 3.8) is 0 Å². The van der Waals surface area contributed by atoms with Crippen molar-refractivity contribution in [1.82, 2.24) is 29.0 Å². The number of nitrogens with zero attached hydrogens (tertiary/aromatic N) is 6. The highest BCUT2D eigenvalue weighted by atomic mass is 32.1. The molecule has 4 rings (SSSR count). The Kier molecular flexibility index (Phi) is 5.04. The first-order chi connectivity index (χ1) is 13.7. The van der Waals surface area contributed by atoms with Crippen molar-refractivity contribution < 1.29 is 4.79 Å². The van der Waals surface area contributed by atoms with E-state index in [1.54, 1.807) is 21.3 Å².